The van der Waals surface area contributed by atoms with Crippen LogP contribution in [0.3, 0.4) is 0 Å². The molecule has 0 radical (unpaired) electrons. The van der Waals surface area contributed by atoms with E-state index in [0.717, 1.165) is 15.7 Å². The van der Waals surface area contributed by atoms with Crippen LogP contribution in [0.5, 0.6) is 0 Å². The summed E-state index contributed by atoms with van der Waals surface area (Å²) in [4.78, 5) is 11.4. The third kappa shape index (κ3) is 4.41. The van der Waals surface area contributed by atoms with Crippen LogP contribution in [0, 0.1) is 0 Å². The fourth-order valence-corrected chi connectivity index (χ4v) is 1.26. The molecule has 0 unspecified atom stereocenters. The van der Waals surface area contributed by atoms with Gasteiger partial charge in [-0.3, -0.25) is 4.79 Å². The molecule has 0 saturated carbocycles. The Balaban J connectivity index is 2.38. The van der Waals surface area contributed by atoms with Crippen molar-refractivity contribution in [1.29, 1.82) is 0 Å². The minimum atomic E-state index is 0.0361. The Kier molecular flexibility index (Phi) is 4.65. The Morgan fingerprint density at radius 3 is 2.50 bits per heavy atom. The SMILES string of the molecule is C=C(I)CCC(=O)Nc1ccccc1. The zero-order valence-electron chi connectivity index (χ0n) is 7.79. The molecule has 1 N–H and O–H groups in total. The number of carbonyl (C=O) groups is 1. The molecule has 3 heteroatoms. The molecule has 1 rings (SSSR count). The number of hydrogen-bond donors (Lipinski definition) is 1. The van der Waals surface area contributed by atoms with E-state index >= 15 is 0 Å². The van der Waals surface area contributed by atoms with E-state index in [4.69, 9.17) is 0 Å². The zero-order chi connectivity index (χ0) is 10.4. The summed E-state index contributed by atoms with van der Waals surface area (Å²) in [6.07, 6.45) is 1.23. The van der Waals surface area contributed by atoms with E-state index in [2.05, 4.69) is 34.5 Å². The summed E-state index contributed by atoms with van der Waals surface area (Å²) in [5, 5.41) is 2.81. The molecule has 0 aromatic heterocycles. The third-order valence-corrected chi connectivity index (χ3v) is 2.22. The van der Waals surface area contributed by atoms with Crippen LogP contribution < -0.4 is 5.32 Å². The summed E-state index contributed by atoms with van der Waals surface area (Å²) in [6.45, 7) is 3.74. The number of anilines is 1. The summed E-state index contributed by atoms with van der Waals surface area (Å²) < 4.78 is 1.01. The van der Waals surface area contributed by atoms with Gasteiger partial charge in [0, 0.05) is 12.1 Å². The lowest BCUT2D eigenvalue weighted by molar-refractivity contribution is -0.116. The first kappa shape index (κ1) is 11.2. The van der Waals surface area contributed by atoms with Crippen molar-refractivity contribution in [2.75, 3.05) is 5.32 Å². The normalized spacial score (nSPS) is 9.50. The molecule has 0 saturated heterocycles. The quantitative estimate of drug-likeness (QED) is 0.849. The highest BCUT2D eigenvalue weighted by atomic mass is 127. The van der Waals surface area contributed by atoms with Crippen molar-refractivity contribution in [3.63, 3.8) is 0 Å². The predicted molar refractivity (Wildman–Crippen MR) is 67.5 cm³/mol. The molecule has 1 amide bonds. The van der Waals surface area contributed by atoms with Crippen molar-refractivity contribution in [2.45, 2.75) is 12.8 Å². The van der Waals surface area contributed by atoms with Crippen molar-refractivity contribution >= 4 is 34.2 Å². The van der Waals surface area contributed by atoms with Crippen molar-refractivity contribution in [3.8, 4) is 0 Å². The van der Waals surface area contributed by atoms with E-state index in [1.807, 2.05) is 30.3 Å². The Morgan fingerprint density at radius 1 is 1.29 bits per heavy atom. The van der Waals surface area contributed by atoms with Gasteiger partial charge in [-0.25, -0.2) is 0 Å². The minimum absolute atomic E-state index is 0.0361. The maximum atomic E-state index is 11.4. The molecule has 0 atom stereocenters. The highest BCUT2D eigenvalue weighted by Gasteiger charge is 2.01. The molecular weight excluding hydrogens is 289 g/mol. The molecule has 14 heavy (non-hydrogen) atoms. The second-order valence-electron chi connectivity index (χ2n) is 2.93. The molecule has 2 nitrogen and oxygen atoms in total. The second kappa shape index (κ2) is 5.80. The minimum Gasteiger partial charge on any atom is -0.326 e. The van der Waals surface area contributed by atoms with E-state index in [9.17, 15) is 4.79 Å². The van der Waals surface area contributed by atoms with Gasteiger partial charge in [-0.2, -0.15) is 0 Å². The monoisotopic (exact) mass is 301 g/mol. The number of allylic oxidation sites excluding steroid dienone is 1. The first-order chi connectivity index (χ1) is 6.68. The fourth-order valence-electron chi connectivity index (χ4n) is 0.994. The molecule has 0 aliphatic carbocycles. The summed E-state index contributed by atoms with van der Waals surface area (Å²) in [7, 11) is 0. The van der Waals surface area contributed by atoms with Crippen LogP contribution in [0.2, 0.25) is 0 Å². The molecule has 0 fully saturated rings. The zero-order valence-corrected chi connectivity index (χ0v) is 9.95. The van der Waals surface area contributed by atoms with E-state index in [1.54, 1.807) is 0 Å². The summed E-state index contributed by atoms with van der Waals surface area (Å²) in [5.41, 5.74) is 0.844. The van der Waals surface area contributed by atoms with Gasteiger partial charge in [-0.15, -0.1) is 0 Å². The van der Waals surface area contributed by atoms with Crippen LogP contribution in [0.4, 0.5) is 5.69 Å². The molecular formula is C11H12INO. The number of benzene rings is 1. The van der Waals surface area contributed by atoms with Crippen molar-refractivity contribution in [1.82, 2.24) is 0 Å². The number of halogens is 1. The van der Waals surface area contributed by atoms with Crippen LogP contribution in [0.25, 0.3) is 0 Å². The largest absolute Gasteiger partial charge is 0.326 e. The van der Waals surface area contributed by atoms with Gasteiger partial charge in [-0.1, -0.05) is 24.8 Å². The summed E-state index contributed by atoms with van der Waals surface area (Å²) in [6, 6.07) is 9.45. The van der Waals surface area contributed by atoms with Crippen molar-refractivity contribution < 1.29 is 4.79 Å². The van der Waals surface area contributed by atoms with E-state index in [1.165, 1.54) is 0 Å². The Labute approximate surface area is 97.5 Å². The lowest BCUT2D eigenvalue weighted by Crippen LogP contribution is -2.10. The molecule has 1 aromatic rings. The van der Waals surface area contributed by atoms with Gasteiger partial charge < -0.3 is 5.32 Å². The predicted octanol–water partition coefficient (Wildman–Crippen LogP) is 3.35. The maximum absolute atomic E-state index is 11.4. The highest BCUT2D eigenvalue weighted by Crippen LogP contribution is 2.12. The number of rotatable bonds is 4. The van der Waals surface area contributed by atoms with Gasteiger partial charge in [0.15, 0.2) is 0 Å². The van der Waals surface area contributed by atoms with Gasteiger partial charge in [0.25, 0.3) is 0 Å². The van der Waals surface area contributed by atoms with E-state index < -0.39 is 0 Å². The molecule has 0 spiro atoms. The lowest BCUT2D eigenvalue weighted by Gasteiger charge is -2.03. The fraction of sp³-hybridized carbons (Fsp3) is 0.182. The molecule has 0 aliphatic rings. The van der Waals surface area contributed by atoms with Crippen molar-refractivity contribution in [3.05, 3.63) is 40.5 Å². The average Bonchev–Trinajstić information content (AvgIpc) is 2.16. The number of amides is 1. The average molecular weight is 301 g/mol. The van der Waals surface area contributed by atoms with Gasteiger partial charge >= 0.3 is 0 Å². The molecule has 0 heterocycles. The van der Waals surface area contributed by atoms with E-state index in [-0.39, 0.29) is 5.91 Å². The maximum Gasteiger partial charge on any atom is 0.224 e. The standard InChI is InChI=1S/C11H12INO/c1-9(12)7-8-11(14)13-10-5-3-2-4-6-10/h2-6H,1,7-8H2,(H,13,14). The molecule has 74 valence electrons. The summed E-state index contributed by atoms with van der Waals surface area (Å²) in [5.74, 6) is 0.0361. The van der Waals surface area contributed by atoms with Crippen LogP contribution in [-0.2, 0) is 4.79 Å². The number of para-hydroxylation sites is 1. The van der Waals surface area contributed by atoms with Crippen LogP contribution in [0.15, 0.2) is 40.5 Å². The van der Waals surface area contributed by atoms with Gasteiger partial charge in [0.2, 0.25) is 5.91 Å². The Hall–Kier alpha value is -0.840. The van der Waals surface area contributed by atoms with Crippen LogP contribution in [-0.4, -0.2) is 5.91 Å². The third-order valence-electron chi connectivity index (χ3n) is 1.68. The first-order valence-corrected chi connectivity index (χ1v) is 5.44. The van der Waals surface area contributed by atoms with Crippen molar-refractivity contribution in [2.24, 2.45) is 0 Å². The second-order valence-corrected chi connectivity index (χ2v) is 4.46. The lowest BCUT2D eigenvalue weighted by atomic mass is 10.2. The van der Waals surface area contributed by atoms with Crippen LogP contribution in [0.1, 0.15) is 12.8 Å². The Bertz CT molecular complexity index is 321. The topological polar surface area (TPSA) is 29.1 Å². The van der Waals surface area contributed by atoms with Gasteiger partial charge in [0.1, 0.15) is 0 Å². The highest BCUT2D eigenvalue weighted by molar-refractivity contribution is 14.1. The number of carbonyl (C=O) groups excluding carboxylic acids is 1. The Morgan fingerprint density at radius 2 is 1.93 bits per heavy atom. The van der Waals surface area contributed by atoms with Gasteiger partial charge in [-0.05, 0) is 44.7 Å². The number of nitrogens with one attached hydrogen (secondary N) is 1. The molecule has 1 aromatic carbocycles. The van der Waals surface area contributed by atoms with E-state index in [0.29, 0.717) is 6.42 Å². The van der Waals surface area contributed by atoms with Gasteiger partial charge in [0.05, 0.1) is 0 Å². The first-order valence-electron chi connectivity index (χ1n) is 4.36. The van der Waals surface area contributed by atoms with Crippen LogP contribution >= 0.6 is 22.6 Å². The number of hydrogen-bond acceptors (Lipinski definition) is 1. The molecule has 0 aliphatic heterocycles. The summed E-state index contributed by atoms with van der Waals surface area (Å²) >= 11 is 2.13. The smallest absolute Gasteiger partial charge is 0.224 e. The molecule has 0 bridgehead atoms.